The second kappa shape index (κ2) is 10.3. The van der Waals surface area contributed by atoms with Crippen LogP contribution in [0.15, 0.2) is 42.5 Å². The minimum atomic E-state index is -0.0343. The Hall–Kier alpha value is -1.75. The Bertz CT molecular complexity index is 835. The van der Waals surface area contributed by atoms with Crippen molar-refractivity contribution in [1.29, 1.82) is 0 Å². The number of para-hydroxylation sites is 1. The third-order valence-electron chi connectivity index (χ3n) is 5.34. The number of ether oxygens (including phenoxy) is 1. The summed E-state index contributed by atoms with van der Waals surface area (Å²) in [6.45, 7) is 7.00. The molecule has 1 amide bonds. The molecule has 1 N–H and O–H groups in total. The Morgan fingerprint density at radius 2 is 1.93 bits per heavy atom. The molecule has 0 radical (unpaired) electrons. The molecule has 2 aromatic carbocycles. The molecule has 29 heavy (non-hydrogen) atoms. The van der Waals surface area contributed by atoms with Crippen molar-refractivity contribution >= 4 is 29.1 Å². The maximum Gasteiger partial charge on any atom is 0.223 e. The van der Waals surface area contributed by atoms with Gasteiger partial charge in [0.2, 0.25) is 5.91 Å². The summed E-state index contributed by atoms with van der Waals surface area (Å²) in [6.07, 6.45) is 1.70. The molecule has 0 saturated carbocycles. The van der Waals surface area contributed by atoms with Crippen molar-refractivity contribution in [3.63, 3.8) is 0 Å². The van der Waals surface area contributed by atoms with E-state index < -0.39 is 0 Å². The first-order chi connectivity index (χ1) is 13.9. The first-order valence-corrected chi connectivity index (χ1v) is 10.8. The van der Waals surface area contributed by atoms with Crippen molar-refractivity contribution in [1.82, 2.24) is 10.2 Å². The molecule has 0 spiro atoms. The van der Waals surface area contributed by atoms with Crippen molar-refractivity contribution in [2.45, 2.75) is 39.3 Å². The second-order valence-electron chi connectivity index (χ2n) is 7.77. The number of nitrogens with zero attached hydrogens (tertiary/aromatic N) is 1. The molecule has 156 valence electrons. The number of nitrogens with one attached hydrogen (secondary N) is 1. The Morgan fingerprint density at radius 1 is 1.21 bits per heavy atom. The van der Waals surface area contributed by atoms with E-state index in [0.717, 1.165) is 49.4 Å². The van der Waals surface area contributed by atoms with Crippen LogP contribution in [0.1, 0.15) is 30.9 Å². The second-order valence-corrected chi connectivity index (χ2v) is 8.62. The number of likely N-dealkylation sites (tertiary alicyclic amines) is 1. The smallest absolute Gasteiger partial charge is 0.223 e. The number of piperidine rings is 1. The first-order valence-electron chi connectivity index (χ1n) is 10.1. The van der Waals surface area contributed by atoms with Crippen molar-refractivity contribution in [2.24, 2.45) is 5.92 Å². The van der Waals surface area contributed by atoms with Crippen molar-refractivity contribution in [3.05, 3.63) is 63.6 Å². The van der Waals surface area contributed by atoms with Crippen LogP contribution in [0.3, 0.4) is 0 Å². The number of carbonyl (C=O) groups excluding carboxylic acids is 1. The van der Waals surface area contributed by atoms with Crippen LogP contribution in [0.25, 0.3) is 0 Å². The van der Waals surface area contributed by atoms with Crippen molar-refractivity contribution in [2.75, 3.05) is 19.7 Å². The molecule has 1 heterocycles. The highest BCUT2D eigenvalue weighted by molar-refractivity contribution is 6.35. The third-order valence-corrected chi connectivity index (χ3v) is 5.93. The van der Waals surface area contributed by atoms with Gasteiger partial charge in [-0.05, 0) is 69.1 Å². The topological polar surface area (TPSA) is 41.6 Å². The zero-order chi connectivity index (χ0) is 20.8. The van der Waals surface area contributed by atoms with Gasteiger partial charge in [0.15, 0.2) is 0 Å². The summed E-state index contributed by atoms with van der Waals surface area (Å²) in [4.78, 5) is 15.0. The van der Waals surface area contributed by atoms with Gasteiger partial charge in [0.25, 0.3) is 0 Å². The van der Waals surface area contributed by atoms with Gasteiger partial charge in [-0.2, -0.15) is 0 Å². The Morgan fingerprint density at radius 3 is 2.62 bits per heavy atom. The summed E-state index contributed by atoms with van der Waals surface area (Å²) in [5, 5.41) is 4.44. The van der Waals surface area contributed by atoms with Gasteiger partial charge in [-0.1, -0.05) is 47.5 Å². The molecule has 0 aliphatic carbocycles. The Kier molecular flexibility index (Phi) is 7.82. The molecule has 0 aromatic heterocycles. The lowest BCUT2D eigenvalue weighted by atomic mass is 9.95. The van der Waals surface area contributed by atoms with Crippen LogP contribution >= 0.6 is 23.2 Å². The van der Waals surface area contributed by atoms with Crippen LogP contribution in [-0.4, -0.2) is 36.5 Å². The molecule has 6 heteroatoms. The van der Waals surface area contributed by atoms with E-state index in [1.54, 1.807) is 6.07 Å². The van der Waals surface area contributed by atoms with Gasteiger partial charge < -0.3 is 10.1 Å². The summed E-state index contributed by atoms with van der Waals surface area (Å²) in [7, 11) is 0. The zero-order valence-corrected chi connectivity index (χ0v) is 18.5. The number of halogens is 2. The molecule has 1 aliphatic rings. The average Bonchev–Trinajstić information content (AvgIpc) is 2.70. The number of amides is 1. The highest BCUT2D eigenvalue weighted by atomic mass is 35.5. The average molecular weight is 435 g/mol. The standard InChI is InChI=1S/C23H28Cl2N2O2/c1-16-5-3-4-6-22(16)29-15-17(2)26-23(28)18-9-11-27(12-10-18)14-19-7-8-20(24)13-21(19)25/h3-8,13,17-18H,9-12,14-15H2,1-2H3,(H,26,28)/t17-/m0/s1. The normalized spacial score (nSPS) is 16.4. The van der Waals surface area contributed by atoms with E-state index in [0.29, 0.717) is 16.7 Å². The van der Waals surface area contributed by atoms with Crippen LogP contribution in [0.2, 0.25) is 10.0 Å². The lowest BCUT2D eigenvalue weighted by Crippen LogP contribution is -2.44. The molecule has 0 bridgehead atoms. The van der Waals surface area contributed by atoms with Crippen LogP contribution in [0.4, 0.5) is 0 Å². The molecule has 2 aromatic rings. The fourth-order valence-electron chi connectivity index (χ4n) is 3.58. The summed E-state index contributed by atoms with van der Waals surface area (Å²) < 4.78 is 5.84. The fourth-order valence-corrected chi connectivity index (χ4v) is 4.05. The van der Waals surface area contributed by atoms with Crippen LogP contribution < -0.4 is 10.1 Å². The Balaban J connectivity index is 1.41. The first kappa shape index (κ1) is 21.9. The summed E-state index contributed by atoms with van der Waals surface area (Å²) >= 11 is 12.3. The van der Waals surface area contributed by atoms with Gasteiger partial charge >= 0.3 is 0 Å². The largest absolute Gasteiger partial charge is 0.491 e. The van der Waals surface area contributed by atoms with Gasteiger partial charge in [0.1, 0.15) is 12.4 Å². The van der Waals surface area contributed by atoms with E-state index in [1.807, 2.05) is 50.2 Å². The van der Waals surface area contributed by atoms with Gasteiger partial charge in [-0.3, -0.25) is 9.69 Å². The number of aryl methyl sites for hydroxylation is 1. The molecule has 3 rings (SSSR count). The predicted octanol–water partition coefficient (Wildman–Crippen LogP) is 5.10. The quantitative estimate of drug-likeness (QED) is 0.658. The van der Waals surface area contributed by atoms with Crippen molar-refractivity contribution in [3.8, 4) is 5.75 Å². The number of carbonyl (C=O) groups is 1. The van der Waals surface area contributed by atoms with Gasteiger partial charge in [0.05, 0.1) is 6.04 Å². The molecule has 1 atom stereocenters. The number of hydrogen-bond donors (Lipinski definition) is 1. The van der Waals surface area contributed by atoms with E-state index in [9.17, 15) is 4.79 Å². The van der Waals surface area contributed by atoms with Gasteiger partial charge in [-0.15, -0.1) is 0 Å². The van der Waals surface area contributed by atoms with Gasteiger partial charge in [-0.25, -0.2) is 0 Å². The lowest BCUT2D eigenvalue weighted by molar-refractivity contribution is -0.127. The predicted molar refractivity (Wildman–Crippen MR) is 119 cm³/mol. The van der Waals surface area contributed by atoms with Crippen molar-refractivity contribution < 1.29 is 9.53 Å². The highest BCUT2D eigenvalue weighted by Crippen LogP contribution is 2.25. The molecular weight excluding hydrogens is 407 g/mol. The molecule has 1 saturated heterocycles. The van der Waals surface area contributed by atoms with E-state index in [4.69, 9.17) is 27.9 Å². The van der Waals surface area contributed by atoms with E-state index >= 15 is 0 Å². The van der Waals surface area contributed by atoms with Crippen LogP contribution in [0.5, 0.6) is 5.75 Å². The van der Waals surface area contributed by atoms with E-state index in [2.05, 4.69) is 10.2 Å². The van der Waals surface area contributed by atoms with E-state index in [1.165, 1.54) is 0 Å². The van der Waals surface area contributed by atoms with Crippen LogP contribution in [-0.2, 0) is 11.3 Å². The monoisotopic (exact) mass is 434 g/mol. The Labute approximate surface area is 183 Å². The maximum atomic E-state index is 12.6. The molecule has 0 unspecified atom stereocenters. The minimum Gasteiger partial charge on any atom is -0.491 e. The fraction of sp³-hybridized carbons (Fsp3) is 0.435. The maximum absolute atomic E-state index is 12.6. The number of rotatable bonds is 7. The molecule has 1 fully saturated rings. The van der Waals surface area contributed by atoms with E-state index in [-0.39, 0.29) is 17.9 Å². The lowest BCUT2D eigenvalue weighted by Gasteiger charge is -2.32. The number of benzene rings is 2. The molecular formula is C23H28Cl2N2O2. The summed E-state index contributed by atoms with van der Waals surface area (Å²) in [6, 6.07) is 13.5. The zero-order valence-electron chi connectivity index (χ0n) is 17.0. The summed E-state index contributed by atoms with van der Waals surface area (Å²) in [5.41, 5.74) is 2.17. The van der Waals surface area contributed by atoms with Crippen LogP contribution in [0, 0.1) is 12.8 Å². The van der Waals surface area contributed by atoms with Gasteiger partial charge in [0, 0.05) is 22.5 Å². The highest BCUT2D eigenvalue weighted by Gasteiger charge is 2.26. The molecule has 1 aliphatic heterocycles. The SMILES string of the molecule is Cc1ccccc1OC[C@H](C)NC(=O)C1CCN(Cc2ccc(Cl)cc2Cl)CC1. The minimum absolute atomic E-state index is 0.0343. The third kappa shape index (κ3) is 6.36. The molecule has 4 nitrogen and oxygen atoms in total. The summed E-state index contributed by atoms with van der Waals surface area (Å²) in [5.74, 6) is 1.03. The number of hydrogen-bond acceptors (Lipinski definition) is 3.